The number of nitrogen functional groups attached to an aromatic ring is 1. The predicted molar refractivity (Wildman–Crippen MR) is 76.8 cm³/mol. The standard InChI is InChI=1S/C15H16FNOS/c1-10-3-5-13(16)7-12(10)9-19(18)15-8-14(17)6-4-11(15)2/h3-8H,9,17H2,1-2H3. The number of hydrogen-bond acceptors (Lipinski definition) is 2. The molecule has 0 amide bonds. The number of anilines is 1. The van der Waals surface area contributed by atoms with Crippen molar-refractivity contribution in [1.82, 2.24) is 0 Å². The largest absolute Gasteiger partial charge is 0.399 e. The molecule has 2 N–H and O–H groups in total. The van der Waals surface area contributed by atoms with Crippen LogP contribution >= 0.6 is 0 Å². The first-order valence-electron chi connectivity index (χ1n) is 5.97. The van der Waals surface area contributed by atoms with Crippen LogP contribution in [0.4, 0.5) is 10.1 Å². The first kappa shape index (κ1) is 13.7. The van der Waals surface area contributed by atoms with Gasteiger partial charge in [-0.2, -0.15) is 0 Å². The molecule has 1 unspecified atom stereocenters. The van der Waals surface area contributed by atoms with E-state index in [0.717, 1.165) is 16.7 Å². The highest BCUT2D eigenvalue weighted by molar-refractivity contribution is 7.84. The predicted octanol–water partition coefficient (Wildman–Crippen LogP) is 3.33. The van der Waals surface area contributed by atoms with Gasteiger partial charge in [0.05, 0.1) is 16.6 Å². The highest BCUT2D eigenvalue weighted by atomic mass is 32.2. The average molecular weight is 277 g/mol. The fourth-order valence-corrected chi connectivity index (χ4v) is 3.32. The fraction of sp³-hybridized carbons (Fsp3) is 0.200. The van der Waals surface area contributed by atoms with Crippen LogP contribution in [-0.4, -0.2) is 4.21 Å². The van der Waals surface area contributed by atoms with E-state index in [0.29, 0.717) is 16.3 Å². The lowest BCUT2D eigenvalue weighted by molar-refractivity contribution is 0.625. The SMILES string of the molecule is Cc1ccc(F)cc1CS(=O)c1cc(N)ccc1C. The zero-order valence-electron chi connectivity index (χ0n) is 10.9. The summed E-state index contributed by atoms with van der Waals surface area (Å²) in [6, 6.07) is 9.90. The highest BCUT2D eigenvalue weighted by Crippen LogP contribution is 2.21. The molecule has 2 aromatic rings. The summed E-state index contributed by atoms with van der Waals surface area (Å²) >= 11 is 0. The Morgan fingerprint density at radius 2 is 1.79 bits per heavy atom. The minimum atomic E-state index is -1.22. The van der Waals surface area contributed by atoms with E-state index in [9.17, 15) is 8.60 Å². The van der Waals surface area contributed by atoms with Crippen molar-refractivity contribution < 1.29 is 8.60 Å². The monoisotopic (exact) mass is 277 g/mol. The number of halogens is 1. The molecule has 100 valence electrons. The first-order valence-corrected chi connectivity index (χ1v) is 7.29. The topological polar surface area (TPSA) is 43.1 Å². The third-order valence-electron chi connectivity index (χ3n) is 3.06. The lowest BCUT2D eigenvalue weighted by atomic mass is 10.1. The van der Waals surface area contributed by atoms with Crippen LogP contribution in [0.5, 0.6) is 0 Å². The smallest absolute Gasteiger partial charge is 0.123 e. The van der Waals surface area contributed by atoms with E-state index < -0.39 is 10.8 Å². The van der Waals surface area contributed by atoms with Crippen molar-refractivity contribution in [3.63, 3.8) is 0 Å². The molecule has 2 rings (SSSR count). The third-order valence-corrected chi connectivity index (χ3v) is 4.56. The molecule has 0 aliphatic carbocycles. The van der Waals surface area contributed by atoms with Gasteiger partial charge < -0.3 is 5.73 Å². The summed E-state index contributed by atoms with van der Waals surface area (Å²) in [7, 11) is -1.22. The average Bonchev–Trinajstić information content (AvgIpc) is 2.36. The summed E-state index contributed by atoms with van der Waals surface area (Å²) in [4.78, 5) is 0.712. The van der Waals surface area contributed by atoms with Gasteiger partial charge >= 0.3 is 0 Å². The van der Waals surface area contributed by atoms with Crippen LogP contribution in [0.1, 0.15) is 16.7 Å². The summed E-state index contributed by atoms with van der Waals surface area (Å²) in [5.41, 5.74) is 8.94. The first-order chi connectivity index (χ1) is 8.97. The van der Waals surface area contributed by atoms with Gasteiger partial charge in [0.15, 0.2) is 0 Å². The Hall–Kier alpha value is -1.68. The number of benzene rings is 2. The molecule has 0 radical (unpaired) electrons. The number of rotatable bonds is 3. The summed E-state index contributed by atoms with van der Waals surface area (Å²) in [5.74, 6) is -0.00431. The van der Waals surface area contributed by atoms with Gasteiger partial charge in [0, 0.05) is 10.6 Å². The molecule has 1 atom stereocenters. The molecule has 0 fully saturated rings. The van der Waals surface area contributed by atoms with E-state index in [4.69, 9.17) is 5.73 Å². The van der Waals surface area contributed by atoms with Crippen molar-refractivity contribution in [2.75, 3.05) is 5.73 Å². The van der Waals surface area contributed by atoms with Crippen molar-refractivity contribution in [3.8, 4) is 0 Å². The second kappa shape index (κ2) is 5.53. The Balaban J connectivity index is 2.30. The Morgan fingerprint density at radius 1 is 1.11 bits per heavy atom. The van der Waals surface area contributed by atoms with E-state index >= 15 is 0 Å². The minimum absolute atomic E-state index is 0.299. The van der Waals surface area contributed by atoms with Gasteiger partial charge in [-0.05, 0) is 54.8 Å². The molecule has 0 spiro atoms. The van der Waals surface area contributed by atoms with Crippen LogP contribution in [-0.2, 0) is 16.6 Å². The highest BCUT2D eigenvalue weighted by Gasteiger charge is 2.11. The van der Waals surface area contributed by atoms with Crippen LogP contribution in [0, 0.1) is 19.7 Å². The van der Waals surface area contributed by atoms with E-state index in [1.807, 2.05) is 19.9 Å². The van der Waals surface area contributed by atoms with Gasteiger partial charge in [0.1, 0.15) is 5.82 Å². The van der Waals surface area contributed by atoms with Gasteiger partial charge in [-0.15, -0.1) is 0 Å². The zero-order valence-corrected chi connectivity index (χ0v) is 11.8. The minimum Gasteiger partial charge on any atom is -0.399 e. The molecular formula is C15H16FNOS. The molecule has 0 aliphatic heterocycles. The van der Waals surface area contributed by atoms with E-state index in [2.05, 4.69) is 0 Å². The fourth-order valence-electron chi connectivity index (χ4n) is 1.88. The zero-order chi connectivity index (χ0) is 14.0. The van der Waals surface area contributed by atoms with Crippen molar-refractivity contribution in [2.24, 2.45) is 0 Å². The van der Waals surface area contributed by atoms with Gasteiger partial charge in [0.2, 0.25) is 0 Å². The van der Waals surface area contributed by atoms with Gasteiger partial charge in [-0.1, -0.05) is 12.1 Å². The van der Waals surface area contributed by atoms with Crippen LogP contribution in [0.25, 0.3) is 0 Å². The summed E-state index contributed by atoms with van der Waals surface area (Å²) in [5, 5.41) is 0. The Bertz CT molecular complexity index is 640. The number of hydrogen-bond donors (Lipinski definition) is 1. The maximum Gasteiger partial charge on any atom is 0.123 e. The van der Waals surface area contributed by atoms with Crippen LogP contribution in [0.3, 0.4) is 0 Å². The van der Waals surface area contributed by atoms with E-state index in [1.165, 1.54) is 12.1 Å². The molecule has 0 bridgehead atoms. The molecule has 0 aliphatic rings. The molecule has 0 saturated heterocycles. The molecule has 0 heterocycles. The third kappa shape index (κ3) is 3.20. The molecule has 0 aromatic heterocycles. The number of aryl methyl sites for hydroxylation is 2. The Labute approximate surface area is 114 Å². The quantitative estimate of drug-likeness (QED) is 0.874. The van der Waals surface area contributed by atoms with E-state index in [1.54, 1.807) is 18.2 Å². The van der Waals surface area contributed by atoms with E-state index in [-0.39, 0.29) is 5.82 Å². The van der Waals surface area contributed by atoms with Crippen LogP contribution in [0.2, 0.25) is 0 Å². The molecule has 4 heteroatoms. The van der Waals surface area contributed by atoms with Gasteiger partial charge in [-0.3, -0.25) is 4.21 Å². The second-order valence-corrected chi connectivity index (χ2v) is 6.01. The maximum absolute atomic E-state index is 13.2. The molecular weight excluding hydrogens is 261 g/mol. The molecule has 2 aromatic carbocycles. The Kier molecular flexibility index (Phi) is 4.00. The van der Waals surface area contributed by atoms with Crippen LogP contribution < -0.4 is 5.73 Å². The van der Waals surface area contributed by atoms with Crippen molar-refractivity contribution in [1.29, 1.82) is 0 Å². The van der Waals surface area contributed by atoms with Crippen molar-refractivity contribution in [3.05, 3.63) is 58.9 Å². The molecule has 2 nitrogen and oxygen atoms in total. The second-order valence-electron chi connectivity index (χ2n) is 4.59. The van der Waals surface area contributed by atoms with Crippen LogP contribution in [0.15, 0.2) is 41.3 Å². The molecule has 0 saturated carbocycles. The van der Waals surface area contributed by atoms with Gasteiger partial charge in [0.25, 0.3) is 0 Å². The van der Waals surface area contributed by atoms with Crippen molar-refractivity contribution in [2.45, 2.75) is 24.5 Å². The summed E-state index contributed by atoms with van der Waals surface area (Å²) in [6.45, 7) is 3.78. The lowest BCUT2D eigenvalue weighted by Crippen LogP contribution is -2.02. The van der Waals surface area contributed by atoms with Gasteiger partial charge in [-0.25, -0.2) is 4.39 Å². The lowest BCUT2D eigenvalue weighted by Gasteiger charge is -2.09. The Morgan fingerprint density at radius 3 is 2.53 bits per heavy atom. The van der Waals surface area contributed by atoms with Crippen molar-refractivity contribution >= 4 is 16.5 Å². The summed E-state index contributed by atoms with van der Waals surface area (Å²) < 4.78 is 25.6. The molecule has 19 heavy (non-hydrogen) atoms. The maximum atomic E-state index is 13.2. The number of nitrogens with two attached hydrogens (primary N) is 1. The summed E-state index contributed by atoms with van der Waals surface area (Å²) in [6.07, 6.45) is 0. The normalized spacial score (nSPS) is 12.4.